The molecule has 0 radical (unpaired) electrons. The van der Waals surface area contributed by atoms with Crippen LogP contribution in [0.15, 0.2) is 60.7 Å². The predicted molar refractivity (Wildman–Crippen MR) is 165 cm³/mol. The molecule has 1 saturated heterocycles. The number of benzene rings is 2. The van der Waals surface area contributed by atoms with Gasteiger partial charge in [0.1, 0.15) is 17.6 Å². The molecular weight excluding hydrogens is 577 g/mol. The van der Waals surface area contributed by atoms with E-state index in [4.69, 9.17) is 0 Å². The molecule has 3 aromatic rings. The maximum Gasteiger partial charge on any atom is 0.289 e. The van der Waals surface area contributed by atoms with Crippen LogP contribution in [0.25, 0.3) is 10.9 Å². The Morgan fingerprint density at radius 1 is 0.867 bits per heavy atom. The molecule has 45 heavy (non-hydrogen) atoms. The summed E-state index contributed by atoms with van der Waals surface area (Å²) in [6.45, 7) is 0.419. The fourth-order valence-corrected chi connectivity index (χ4v) is 6.10. The van der Waals surface area contributed by atoms with E-state index in [1.165, 1.54) is 24.3 Å². The number of ketones is 1. The van der Waals surface area contributed by atoms with Gasteiger partial charge in [-0.1, -0.05) is 68.5 Å². The van der Waals surface area contributed by atoms with Crippen LogP contribution in [0.4, 0.5) is 4.39 Å². The Morgan fingerprint density at radius 2 is 1.62 bits per heavy atom. The van der Waals surface area contributed by atoms with Crippen LogP contribution in [-0.4, -0.2) is 53.0 Å². The average Bonchev–Trinajstić information content (AvgIpc) is 3.47. The smallest absolute Gasteiger partial charge is 0.289 e. The van der Waals surface area contributed by atoms with Crippen molar-refractivity contribution >= 4 is 40.3 Å². The van der Waals surface area contributed by atoms with E-state index in [9.17, 15) is 28.4 Å². The quantitative estimate of drug-likeness (QED) is 0.230. The molecule has 236 valence electrons. The number of amides is 4. The zero-order valence-corrected chi connectivity index (χ0v) is 25.0. The summed E-state index contributed by atoms with van der Waals surface area (Å²) in [5.41, 5.74) is 1.39. The molecule has 5 rings (SSSR count). The lowest BCUT2D eigenvalue weighted by molar-refractivity contribution is -0.141. The number of Topliss-reactive ketones (excluding diaryl/α,β-unsaturated/α-hetero) is 1. The summed E-state index contributed by atoms with van der Waals surface area (Å²) in [6, 6.07) is 14.0. The summed E-state index contributed by atoms with van der Waals surface area (Å²) >= 11 is 0. The minimum absolute atomic E-state index is 0.0193. The largest absolute Gasteiger partial charge is 0.356 e. The minimum Gasteiger partial charge on any atom is -0.356 e. The molecular formula is C34H38FN5O5. The van der Waals surface area contributed by atoms with Gasteiger partial charge in [-0.3, -0.25) is 24.0 Å². The van der Waals surface area contributed by atoms with E-state index >= 15 is 0 Å². The Bertz CT molecular complexity index is 1560. The summed E-state index contributed by atoms with van der Waals surface area (Å²) in [7, 11) is 0. The first-order valence-corrected chi connectivity index (χ1v) is 15.6. The van der Waals surface area contributed by atoms with Crippen molar-refractivity contribution in [2.45, 2.75) is 70.0 Å². The van der Waals surface area contributed by atoms with Gasteiger partial charge in [0, 0.05) is 24.4 Å². The van der Waals surface area contributed by atoms with Crippen LogP contribution in [0.1, 0.15) is 67.4 Å². The van der Waals surface area contributed by atoms with Crippen LogP contribution in [0.3, 0.4) is 0 Å². The molecule has 1 aliphatic heterocycles. The molecule has 11 heteroatoms. The van der Waals surface area contributed by atoms with Crippen LogP contribution >= 0.6 is 0 Å². The van der Waals surface area contributed by atoms with Crippen molar-refractivity contribution in [2.24, 2.45) is 11.8 Å². The highest BCUT2D eigenvalue weighted by Gasteiger charge is 2.36. The number of rotatable bonds is 12. The van der Waals surface area contributed by atoms with Crippen molar-refractivity contribution in [3.63, 3.8) is 0 Å². The number of aromatic nitrogens is 1. The van der Waals surface area contributed by atoms with Crippen molar-refractivity contribution < 1.29 is 28.4 Å². The Balaban J connectivity index is 1.32. The van der Waals surface area contributed by atoms with Crippen LogP contribution in [0.2, 0.25) is 0 Å². The second-order valence-corrected chi connectivity index (χ2v) is 11.9. The number of halogens is 1. The normalized spacial score (nSPS) is 18.1. The van der Waals surface area contributed by atoms with Gasteiger partial charge in [0.15, 0.2) is 0 Å². The topological polar surface area (TPSA) is 146 Å². The lowest BCUT2D eigenvalue weighted by atomic mass is 9.84. The number of hydrogen-bond acceptors (Lipinski definition) is 6. The van der Waals surface area contributed by atoms with Crippen molar-refractivity contribution in [3.05, 3.63) is 77.7 Å². The molecule has 4 amide bonds. The Labute approximate surface area is 260 Å². The predicted octanol–water partition coefficient (Wildman–Crippen LogP) is 3.34. The zero-order valence-electron chi connectivity index (χ0n) is 25.0. The van der Waals surface area contributed by atoms with Gasteiger partial charge in [-0.05, 0) is 55.0 Å². The number of pyridine rings is 1. The first-order valence-electron chi connectivity index (χ1n) is 15.6. The van der Waals surface area contributed by atoms with E-state index in [0.29, 0.717) is 30.5 Å². The van der Waals surface area contributed by atoms with Crippen molar-refractivity contribution in [1.29, 1.82) is 0 Å². The van der Waals surface area contributed by atoms with Gasteiger partial charge in [0.05, 0.1) is 11.6 Å². The van der Waals surface area contributed by atoms with Gasteiger partial charge in [0.2, 0.25) is 17.6 Å². The number of nitrogens with one attached hydrogen (secondary N) is 4. The first kappa shape index (κ1) is 31.7. The van der Waals surface area contributed by atoms with E-state index in [2.05, 4.69) is 26.3 Å². The fraction of sp³-hybridized carbons (Fsp3) is 0.412. The van der Waals surface area contributed by atoms with Crippen molar-refractivity contribution in [3.8, 4) is 0 Å². The lowest BCUT2D eigenvalue weighted by Gasteiger charge is -2.28. The third-order valence-corrected chi connectivity index (χ3v) is 8.65. The van der Waals surface area contributed by atoms with Crippen LogP contribution in [-0.2, 0) is 25.7 Å². The molecule has 0 spiro atoms. The van der Waals surface area contributed by atoms with E-state index in [1.807, 2.05) is 18.2 Å². The Hall–Kier alpha value is -4.67. The maximum atomic E-state index is 13.8. The number of hydrogen-bond donors (Lipinski definition) is 4. The van der Waals surface area contributed by atoms with Gasteiger partial charge in [0.25, 0.3) is 11.8 Å². The number of carbonyl (C=O) groups is 5. The molecule has 2 aromatic carbocycles. The number of para-hydroxylation sites is 1. The molecule has 2 aliphatic rings. The molecule has 2 heterocycles. The number of fused-ring (bicyclic) bond motifs is 1. The van der Waals surface area contributed by atoms with E-state index in [0.717, 1.165) is 37.5 Å². The van der Waals surface area contributed by atoms with E-state index in [1.54, 1.807) is 18.2 Å². The highest BCUT2D eigenvalue weighted by Crippen LogP contribution is 2.28. The number of nitrogens with zero attached hydrogens (tertiary/aromatic N) is 1. The Morgan fingerprint density at radius 3 is 2.36 bits per heavy atom. The molecule has 0 bridgehead atoms. The highest BCUT2D eigenvalue weighted by atomic mass is 19.1. The van der Waals surface area contributed by atoms with Crippen molar-refractivity contribution in [2.75, 3.05) is 6.54 Å². The SMILES string of the molecule is O=C(NCc1ccc(F)cc1)C(=O)[C@H](C[C@@H]1CCNC1=O)NC(=O)[C@H](CC1CCCCC1)NC(=O)c1ccc2ccccc2n1. The second-order valence-electron chi connectivity index (χ2n) is 11.9. The standard InChI is InChI=1S/C34H38FN5O5/c35-25-13-10-22(11-14-25)20-37-34(45)30(41)28(19-24-16-17-36-31(24)42)39-33(44)29(18-21-6-2-1-3-7-21)40-32(43)27-15-12-23-8-4-5-9-26(23)38-27/h4-5,8-15,21,24,28-29H,1-3,6-7,16-20H2,(H,36,42)(H,37,45)(H,39,44)(H,40,43)/t24-,28-,29-/m0/s1. The monoisotopic (exact) mass is 615 g/mol. The highest BCUT2D eigenvalue weighted by molar-refractivity contribution is 6.38. The molecule has 1 aromatic heterocycles. The van der Waals surface area contributed by atoms with Gasteiger partial charge in [-0.25, -0.2) is 9.37 Å². The van der Waals surface area contributed by atoms with Gasteiger partial charge in [-0.2, -0.15) is 0 Å². The first-order chi connectivity index (χ1) is 21.8. The Kier molecular flexibility index (Phi) is 10.5. The summed E-state index contributed by atoms with van der Waals surface area (Å²) in [5.74, 6) is -3.98. The summed E-state index contributed by atoms with van der Waals surface area (Å²) in [4.78, 5) is 70.4. The van der Waals surface area contributed by atoms with E-state index in [-0.39, 0.29) is 30.5 Å². The van der Waals surface area contributed by atoms with Crippen LogP contribution < -0.4 is 21.3 Å². The molecule has 3 atom stereocenters. The maximum absolute atomic E-state index is 13.8. The molecule has 10 nitrogen and oxygen atoms in total. The molecule has 1 aliphatic carbocycles. The zero-order chi connectivity index (χ0) is 31.8. The summed E-state index contributed by atoms with van der Waals surface area (Å²) in [5, 5.41) is 11.7. The van der Waals surface area contributed by atoms with E-state index < -0.39 is 47.3 Å². The van der Waals surface area contributed by atoms with Gasteiger partial charge < -0.3 is 21.3 Å². The average molecular weight is 616 g/mol. The molecule has 0 unspecified atom stereocenters. The molecule has 4 N–H and O–H groups in total. The molecule has 2 fully saturated rings. The molecule has 1 saturated carbocycles. The summed E-state index contributed by atoms with van der Waals surface area (Å²) < 4.78 is 13.3. The third-order valence-electron chi connectivity index (χ3n) is 8.65. The van der Waals surface area contributed by atoms with Crippen LogP contribution in [0, 0.1) is 17.7 Å². The van der Waals surface area contributed by atoms with Gasteiger partial charge in [-0.15, -0.1) is 0 Å². The minimum atomic E-state index is -1.29. The number of carbonyl (C=O) groups excluding carboxylic acids is 5. The van der Waals surface area contributed by atoms with Crippen LogP contribution in [0.5, 0.6) is 0 Å². The fourth-order valence-electron chi connectivity index (χ4n) is 6.10. The second kappa shape index (κ2) is 14.9. The van der Waals surface area contributed by atoms with Crippen molar-refractivity contribution in [1.82, 2.24) is 26.3 Å². The third kappa shape index (κ3) is 8.49. The summed E-state index contributed by atoms with van der Waals surface area (Å²) in [6.07, 6.45) is 5.80. The van der Waals surface area contributed by atoms with Gasteiger partial charge >= 0.3 is 0 Å². The lowest BCUT2D eigenvalue weighted by Crippen LogP contribution is -2.55.